The van der Waals surface area contributed by atoms with Crippen LogP contribution in [0.3, 0.4) is 0 Å². The second-order valence-electron chi connectivity index (χ2n) is 10.2. The molecule has 1 fully saturated rings. The predicted octanol–water partition coefficient (Wildman–Crippen LogP) is 4.71. The number of carbonyl (C=O) groups is 2. The molecule has 4 rings (SSSR count). The molecular formula is C27H33N3O4S. The summed E-state index contributed by atoms with van der Waals surface area (Å²) in [6, 6.07) is 9.31. The van der Waals surface area contributed by atoms with E-state index < -0.39 is 17.6 Å². The molecule has 1 amide bonds. The first-order valence-electron chi connectivity index (χ1n) is 12.0. The minimum Gasteiger partial charge on any atom is -0.388 e. The van der Waals surface area contributed by atoms with Gasteiger partial charge < -0.3 is 14.5 Å². The Labute approximate surface area is 210 Å². The third kappa shape index (κ3) is 5.54. The van der Waals surface area contributed by atoms with Gasteiger partial charge in [-0.05, 0) is 44.2 Å². The molecule has 8 heteroatoms. The van der Waals surface area contributed by atoms with Gasteiger partial charge in [0, 0.05) is 25.5 Å². The number of hydrogen-bond donors (Lipinski definition) is 1. The van der Waals surface area contributed by atoms with Crippen LogP contribution in [0.1, 0.15) is 62.2 Å². The zero-order valence-electron chi connectivity index (χ0n) is 20.9. The molecule has 0 aliphatic carbocycles. The number of carbonyl (C=O) groups excluding carboxylic acids is 2. The highest BCUT2D eigenvalue weighted by atomic mass is 32.1. The zero-order valence-corrected chi connectivity index (χ0v) is 21.8. The maximum absolute atomic E-state index is 13.6. The van der Waals surface area contributed by atoms with Crippen LogP contribution in [0.2, 0.25) is 0 Å². The van der Waals surface area contributed by atoms with Gasteiger partial charge in [-0.1, -0.05) is 43.3 Å². The molecule has 1 N–H and O–H groups in total. The number of thiazole rings is 1. The molecule has 1 aliphatic rings. The van der Waals surface area contributed by atoms with Crippen molar-refractivity contribution in [2.75, 3.05) is 6.54 Å². The molecule has 0 saturated carbocycles. The predicted molar refractivity (Wildman–Crippen MR) is 135 cm³/mol. The quantitative estimate of drug-likeness (QED) is 0.486. The van der Waals surface area contributed by atoms with Gasteiger partial charge in [0.05, 0.1) is 33.4 Å². The molecule has 3 heterocycles. The normalized spacial score (nSPS) is 21.0. The zero-order chi connectivity index (χ0) is 25.3. The number of likely N-dealkylation sites (tertiary alicyclic amines) is 1. The van der Waals surface area contributed by atoms with Gasteiger partial charge in [-0.2, -0.15) is 0 Å². The van der Waals surface area contributed by atoms with Crippen LogP contribution in [0.4, 0.5) is 0 Å². The van der Waals surface area contributed by atoms with E-state index in [-0.39, 0.29) is 30.6 Å². The SMILES string of the molecule is Cc1cc([C@H](C(=O)N2C[C@](C)(O)C[C@H]2C(=O)CCc2ccc(-c3scnc3C)cc2)C(C)C)on1. The van der Waals surface area contributed by atoms with Crippen LogP contribution in [0.15, 0.2) is 40.4 Å². The van der Waals surface area contributed by atoms with Crippen LogP contribution < -0.4 is 0 Å². The molecule has 3 aromatic rings. The molecule has 1 aromatic carbocycles. The number of rotatable bonds is 8. The Hall–Kier alpha value is -2.84. The Balaban J connectivity index is 1.46. The fourth-order valence-corrected chi connectivity index (χ4v) is 5.68. The highest BCUT2D eigenvalue weighted by Gasteiger charge is 2.47. The van der Waals surface area contributed by atoms with Crippen LogP contribution in [0.5, 0.6) is 0 Å². The number of aliphatic hydroxyl groups is 1. The van der Waals surface area contributed by atoms with Gasteiger partial charge in [-0.25, -0.2) is 4.98 Å². The maximum atomic E-state index is 13.6. The molecule has 7 nitrogen and oxygen atoms in total. The highest BCUT2D eigenvalue weighted by Crippen LogP contribution is 2.35. The van der Waals surface area contributed by atoms with Gasteiger partial charge in [0.25, 0.3) is 0 Å². The number of ketones is 1. The summed E-state index contributed by atoms with van der Waals surface area (Å²) in [7, 11) is 0. The largest absolute Gasteiger partial charge is 0.388 e. The Morgan fingerprint density at radius 3 is 2.54 bits per heavy atom. The fraction of sp³-hybridized carbons (Fsp3) is 0.481. The molecule has 0 bridgehead atoms. The third-order valence-corrected chi connectivity index (χ3v) is 7.66. The van der Waals surface area contributed by atoms with E-state index >= 15 is 0 Å². The van der Waals surface area contributed by atoms with E-state index in [1.165, 1.54) is 0 Å². The molecule has 3 atom stereocenters. The van der Waals surface area contributed by atoms with Crippen molar-refractivity contribution in [1.82, 2.24) is 15.0 Å². The molecule has 0 unspecified atom stereocenters. The van der Waals surface area contributed by atoms with Crippen molar-refractivity contribution in [3.05, 3.63) is 58.6 Å². The monoisotopic (exact) mass is 495 g/mol. The van der Waals surface area contributed by atoms with Crippen molar-refractivity contribution in [3.8, 4) is 10.4 Å². The number of aryl methyl sites for hydroxylation is 3. The van der Waals surface area contributed by atoms with Crippen LogP contribution in [-0.2, 0) is 16.0 Å². The number of hydrogen-bond acceptors (Lipinski definition) is 7. The molecule has 0 spiro atoms. The van der Waals surface area contributed by atoms with Crippen LogP contribution in [-0.4, -0.2) is 50.0 Å². The van der Waals surface area contributed by atoms with E-state index in [2.05, 4.69) is 22.3 Å². The summed E-state index contributed by atoms with van der Waals surface area (Å²) in [5.41, 5.74) is 4.62. The lowest BCUT2D eigenvalue weighted by Crippen LogP contribution is -2.44. The highest BCUT2D eigenvalue weighted by molar-refractivity contribution is 7.13. The summed E-state index contributed by atoms with van der Waals surface area (Å²) in [6.45, 7) is 9.51. The number of nitrogens with zero attached hydrogens (tertiary/aromatic N) is 3. The number of Topliss-reactive ketones (excluding diaryl/α,β-unsaturated/α-hetero) is 1. The molecule has 1 aliphatic heterocycles. The van der Waals surface area contributed by atoms with Crippen molar-refractivity contribution in [2.45, 2.75) is 71.4 Å². The van der Waals surface area contributed by atoms with Crippen LogP contribution in [0, 0.1) is 19.8 Å². The minimum absolute atomic E-state index is 0.0326. The number of aromatic nitrogens is 2. The van der Waals surface area contributed by atoms with Gasteiger partial charge in [-0.3, -0.25) is 9.59 Å². The van der Waals surface area contributed by atoms with Gasteiger partial charge >= 0.3 is 0 Å². The second kappa shape index (κ2) is 10.0. The molecule has 2 aromatic heterocycles. The minimum atomic E-state index is -1.11. The summed E-state index contributed by atoms with van der Waals surface area (Å²) >= 11 is 1.61. The van der Waals surface area contributed by atoms with Crippen molar-refractivity contribution >= 4 is 23.0 Å². The average molecular weight is 496 g/mol. The molecule has 186 valence electrons. The number of benzene rings is 1. The first-order valence-corrected chi connectivity index (χ1v) is 12.9. The Kier molecular flexibility index (Phi) is 7.24. The smallest absolute Gasteiger partial charge is 0.234 e. The van der Waals surface area contributed by atoms with Crippen molar-refractivity contribution < 1.29 is 19.2 Å². The van der Waals surface area contributed by atoms with Gasteiger partial charge in [0.1, 0.15) is 11.7 Å². The summed E-state index contributed by atoms with van der Waals surface area (Å²) < 4.78 is 5.42. The first-order chi connectivity index (χ1) is 16.6. The maximum Gasteiger partial charge on any atom is 0.234 e. The van der Waals surface area contributed by atoms with Crippen LogP contribution in [0.25, 0.3) is 10.4 Å². The second-order valence-corrected chi connectivity index (χ2v) is 11.1. The van der Waals surface area contributed by atoms with E-state index in [1.807, 2.05) is 45.3 Å². The lowest BCUT2D eigenvalue weighted by Gasteiger charge is -2.29. The van der Waals surface area contributed by atoms with Crippen molar-refractivity contribution in [1.29, 1.82) is 0 Å². The van der Waals surface area contributed by atoms with E-state index in [1.54, 1.807) is 29.2 Å². The molecule has 35 heavy (non-hydrogen) atoms. The lowest BCUT2D eigenvalue weighted by molar-refractivity contribution is -0.140. The van der Waals surface area contributed by atoms with Crippen molar-refractivity contribution in [2.24, 2.45) is 5.92 Å². The summed E-state index contributed by atoms with van der Waals surface area (Å²) in [5, 5.41) is 14.7. The molecular weight excluding hydrogens is 462 g/mol. The average Bonchev–Trinajstić information content (AvgIpc) is 3.50. The Morgan fingerprint density at radius 2 is 1.97 bits per heavy atom. The first kappa shape index (κ1) is 25.3. The molecule has 1 saturated heterocycles. The summed E-state index contributed by atoms with van der Waals surface area (Å²) in [6.07, 6.45) is 1.12. The molecule has 0 radical (unpaired) electrons. The summed E-state index contributed by atoms with van der Waals surface area (Å²) in [5.74, 6) is -0.331. The number of amides is 1. The van der Waals surface area contributed by atoms with E-state index in [9.17, 15) is 14.7 Å². The Bertz CT molecular complexity index is 1200. The van der Waals surface area contributed by atoms with Crippen LogP contribution >= 0.6 is 11.3 Å². The fourth-order valence-electron chi connectivity index (χ4n) is 4.87. The lowest BCUT2D eigenvalue weighted by atomic mass is 9.91. The van der Waals surface area contributed by atoms with Crippen molar-refractivity contribution in [3.63, 3.8) is 0 Å². The van der Waals surface area contributed by atoms with Gasteiger partial charge in [-0.15, -0.1) is 11.3 Å². The van der Waals surface area contributed by atoms with E-state index in [4.69, 9.17) is 4.52 Å². The Morgan fingerprint density at radius 1 is 1.26 bits per heavy atom. The van der Waals surface area contributed by atoms with E-state index in [0.717, 1.165) is 21.7 Å². The number of β-amino-alcohol motifs (C(OH)–C–C–N with tert-alkyl or cyclic N) is 1. The standard InChI is InChI=1S/C27H33N3O4S/c1-16(2)24(23-12-17(3)29-34-23)26(32)30-14-27(5,33)13-21(30)22(31)11-8-19-6-9-20(10-7-19)25-18(4)28-15-35-25/h6-7,9-10,12,15-16,21,24,33H,8,11,13-14H2,1-5H3/t21-,24+,27+/m0/s1. The van der Waals surface area contributed by atoms with E-state index in [0.29, 0.717) is 24.3 Å². The van der Waals surface area contributed by atoms with Gasteiger partial charge in [0.2, 0.25) is 5.91 Å². The summed E-state index contributed by atoms with van der Waals surface area (Å²) in [4.78, 5) is 33.9. The topological polar surface area (TPSA) is 96.5 Å². The van der Waals surface area contributed by atoms with Gasteiger partial charge in [0.15, 0.2) is 5.78 Å². The third-order valence-electron chi connectivity index (χ3n) is 6.68.